The van der Waals surface area contributed by atoms with Gasteiger partial charge in [0.1, 0.15) is 0 Å². The summed E-state index contributed by atoms with van der Waals surface area (Å²) < 4.78 is 16.3. The Hall–Kier alpha value is -2.24. The number of hydrogen-bond donors (Lipinski definition) is 1. The molecule has 108 valence electrons. The Balaban J connectivity index is 2.04. The molecule has 0 atom stereocenters. The molecule has 0 bridgehead atoms. The lowest BCUT2D eigenvalue weighted by Gasteiger charge is -2.13. The molecule has 2 aromatic rings. The Bertz CT molecular complexity index is 514. The lowest BCUT2D eigenvalue weighted by Crippen LogP contribution is -2.03. The van der Waals surface area contributed by atoms with E-state index in [1.54, 1.807) is 0 Å². The molecular formula is C14H19N3O3. The first-order valence-corrected chi connectivity index (χ1v) is 6.72. The maximum absolute atomic E-state index is 5.66. The van der Waals surface area contributed by atoms with Crippen LogP contribution in [-0.4, -0.2) is 23.4 Å². The van der Waals surface area contributed by atoms with Gasteiger partial charge in [0, 0.05) is 6.54 Å². The summed E-state index contributed by atoms with van der Waals surface area (Å²) in [7, 11) is 0. The van der Waals surface area contributed by atoms with Crippen LogP contribution in [0.2, 0.25) is 0 Å². The van der Waals surface area contributed by atoms with Crippen molar-refractivity contribution in [2.24, 2.45) is 0 Å². The second kappa shape index (κ2) is 7.37. The van der Waals surface area contributed by atoms with Gasteiger partial charge in [0.2, 0.25) is 6.39 Å². The smallest absolute Gasteiger partial charge is 0.315 e. The quantitative estimate of drug-likeness (QED) is 0.800. The van der Waals surface area contributed by atoms with Crippen molar-refractivity contribution < 1.29 is 13.9 Å². The third kappa shape index (κ3) is 3.88. The Morgan fingerprint density at radius 1 is 1.20 bits per heavy atom. The van der Waals surface area contributed by atoms with E-state index in [0.717, 1.165) is 23.5 Å². The Morgan fingerprint density at radius 2 is 2.10 bits per heavy atom. The molecule has 1 N–H and O–H groups in total. The maximum Gasteiger partial charge on any atom is 0.315 e. The summed E-state index contributed by atoms with van der Waals surface area (Å²) in [5.74, 6) is 1.53. The average molecular weight is 277 g/mol. The van der Waals surface area contributed by atoms with Crippen molar-refractivity contribution in [1.29, 1.82) is 0 Å². The molecule has 0 saturated carbocycles. The van der Waals surface area contributed by atoms with Gasteiger partial charge in [0.25, 0.3) is 0 Å². The number of aromatic nitrogens is 2. The van der Waals surface area contributed by atoms with Crippen molar-refractivity contribution in [1.82, 2.24) is 10.2 Å². The molecule has 2 rings (SSSR count). The predicted molar refractivity (Wildman–Crippen MR) is 75.0 cm³/mol. The molecule has 0 aliphatic carbocycles. The van der Waals surface area contributed by atoms with Crippen LogP contribution in [0.3, 0.4) is 0 Å². The Labute approximate surface area is 118 Å². The average Bonchev–Trinajstić information content (AvgIpc) is 2.98. The molecule has 0 fully saturated rings. The van der Waals surface area contributed by atoms with Gasteiger partial charge in [0.05, 0.1) is 13.2 Å². The topological polar surface area (TPSA) is 69.4 Å². The third-order valence-corrected chi connectivity index (χ3v) is 2.57. The summed E-state index contributed by atoms with van der Waals surface area (Å²) in [5.41, 5.74) is 1.05. The fourth-order valence-corrected chi connectivity index (χ4v) is 1.69. The van der Waals surface area contributed by atoms with E-state index in [1.807, 2.05) is 25.1 Å². The molecule has 6 nitrogen and oxygen atoms in total. The fourth-order valence-electron chi connectivity index (χ4n) is 1.69. The minimum absolute atomic E-state index is 0.397. The zero-order valence-electron chi connectivity index (χ0n) is 11.8. The van der Waals surface area contributed by atoms with E-state index in [1.165, 1.54) is 6.39 Å². The molecule has 0 aliphatic rings. The van der Waals surface area contributed by atoms with Crippen LogP contribution in [0.25, 0.3) is 0 Å². The van der Waals surface area contributed by atoms with E-state index < -0.39 is 0 Å². The molecule has 0 spiro atoms. The van der Waals surface area contributed by atoms with Crippen LogP contribution in [0.15, 0.2) is 29.0 Å². The van der Waals surface area contributed by atoms with Crippen molar-refractivity contribution in [3.63, 3.8) is 0 Å². The standard InChI is InChI=1S/C14H19N3O3/c1-3-7-19-12-6-5-11(8-13(12)18-4-2)9-15-14-17-16-10-20-14/h5-6,8,10H,3-4,7,9H2,1-2H3,(H,15,17). The van der Waals surface area contributed by atoms with Crippen LogP contribution in [0, 0.1) is 0 Å². The van der Waals surface area contributed by atoms with E-state index in [2.05, 4.69) is 22.4 Å². The number of nitrogens with zero attached hydrogens (tertiary/aromatic N) is 2. The highest BCUT2D eigenvalue weighted by Crippen LogP contribution is 2.28. The summed E-state index contributed by atoms with van der Waals surface area (Å²) in [6.07, 6.45) is 2.25. The highest BCUT2D eigenvalue weighted by atomic mass is 16.5. The number of hydrogen-bond acceptors (Lipinski definition) is 6. The van der Waals surface area contributed by atoms with Crippen molar-refractivity contribution in [2.75, 3.05) is 18.5 Å². The highest BCUT2D eigenvalue weighted by molar-refractivity contribution is 5.43. The molecule has 20 heavy (non-hydrogen) atoms. The van der Waals surface area contributed by atoms with Gasteiger partial charge in [-0.05, 0) is 31.0 Å². The van der Waals surface area contributed by atoms with Crippen LogP contribution in [0.5, 0.6) is 11.5 Å². The molecule has 0 radical (unpaired) electrons. The number of nitrogens with one attached hydrogen (secondary N) is 1. The molecule has 1 aromatic heterocycles. The largest absolute Gasteiger partial charge is 0.490 e. The molecule has 0 amide bonds. The first-order chi connectivity index (χ1) is 9.83. The first-order valence-electron chi connectivity index (χ1n) is 6.72. The molecule has 0 unspecified atom stereocenters. The maximum atomic E-state index is 5.66. The zero-order chi connectivity index (χ0) is 14.2. The fraction of sp³-hybridized carbons (Fsp3) is 0.429. The van der Waals surface area contributed by atoms with Crippen molar-refractivity contribution in [2.45, 2.75) is 26.8 Å². The van der Waals surface area contributed by atoms with E-state index >= 15 is 0 Å². The minimum Gasteiger partial charge on any atom is -0.490 e. The van der Waals surface area contributed by atoms with Gasteiger partial charge in [-0.1, -0.05) is 18.1 Å². The Kier molecular flexibility index (Phi) is 5.23. The molecule has 0 saturated heterocycles. The second-order valence-corrected chi connectivity index (χ2v) is 4.16. The van der Waals surface area contributed by atoms with Gasteiger partial charge in [-0.3, -0.25) is 0 Å². The van der Waals surface area contributed by atoms with Gasteiger partial charge < -0.3 is 19.2 Å². The highest BCUT2D eigenvalue weighted by Gasteiger charge is 2.07. The van der Waals surface area contributed by atoms with Crippen molar-refractivity contribution in [3.8, 4) is 11.5 Å². The van der Waals surface area contributed by atoms with E-state index in [0.29, 0.717) is 25.8 Å². The van der Waals surface area contributed by atoms with Gasteiger partial charge in [-0.2, -0.15) is 0 Å². The normalized spacial score (nSPS) is 10.3. The van der Waals surface area contributed by atoms with Crippen LogP contribution >= 0.6 is 0 Å². The van der Waals surface area contributed by atoms with E-state index in [-0.39, 0.29) is 0 Å². The second-order valence-electron chi connectivity index (χ2n) is 4.16. The predicted octanol–water partition coefficient (Wildman–Crippen LogP) is 2.87. The summed E-state index contributed by atoms with van der Waals surface area (Å²) in [5, 5.41) is 10.4. The van der Waals surface area contributed by atoms with Crippen LogP contribution in [0.1, 0.15) is 25.8 Å². The summed E-state index contributed by atoms with van der Waals surface area (Å²) in [6.45, 7) is 5.88. The molecule has 0 aliphatic heterocycles. The SMILES string of the molecule is CCCOc1ccc(CNc2nnco2)cc1OCC. The molecule has 1 heterocycles. The first kappa shape index (κ1) is 14.2. The monoisotopic (exact) mass is 277 g/mol. The number of rotatable bonds is 8. The van der Waals surface area contributed by atoms with Crippen LogP contribution in [-0.2, 0) is 6.54 Å². The molecule has 1 aromatic carbocycles. The summed E-state index contributed by atoms with van der Waals surface area (Å²) in [4.78, 5) is 0. The van der Waals surface area contributed by atoms with Crippen molar-refractivity contribution >= 4 is 6.01 Å². The lowest BCUT2D eigenvalue weighted by atomic mass is 10.2. The summed E-state index contributed by atoms with van der Waals surface area (Å²) in [6, 6.07) is 6.26. The molecule has 6 heteroatoms. The number of ether oxygens (including phenoxy) is 2. The number of benzene rings is 1. The Morgan fingerprint density at radius 3 is 2.80 bits per heavy atom. The van der Waals surface area contributed by atoms with Crippen molar-refractivity contribution in [3.05, 3.63) is 30.2 Å². The number of anilines is 1. The minimum atomic E-state index is 0.397. The van der Waals surface area contributed by atoms with Crippen LogP contribution in [0.4, 0.5) is 6.01 Å². The third-order valence-electron chi connectivity index (χ3n) is 2.57. The van der Waals surface area contributed by atoms with Crippen LogP contribution < -0.4 is 14.8 Å². The van der Waals surface area contributed by atoms with Gasteiger partial charge in [-0.15, -0.1) is 5.10 Å². The van der Waals surface area contributed by atoms with Gasteiger partial charge in [0.15, 0.2) is 11.5 Å². The zero-order valence-corrected chi connectivity index (χ0v) is 11.8. The van der Waals surface area contributed by atoms with Gasteiger partial charge in [-0.25, -0.2) is 0 Å². The van der Waals surface area contributed by atoms with Gasteiger partial charge >= 0.3 is 6.01 Å². The lowest BCUT2D eigenvalue weighted by molar-refractivity contribution is 0.276. The summed E-state index contributed by atoms with van der Waals surface area (Å²) >= 11 is 0. The van der Waals surface area contributed by atoms with E-state index in [9.17, 15) is 0 Å². The molecular weight excluding hydrogens is 258 g/mol. The van der Waals surface area contributed by atoms with E-state index in [4.69, 9.17) is 13.9 Å².